The zero-order valence-electron chi connectivity index (χ0n) is 11.4. The zero-order valence-corrected chi connectivity index (χ0v) is 11.4. The molecule has 2 heterocycles. The molecule has 2 aromatic carbocycles. The van der Waals surface area contributed by atoms with Crippen molar-refractivity contribution in [3.8, 4) is 5.75 Å². The largest absolute Gasteiger partial charge is 0.471 e. The molecule has 0 spiro atoms. The lowest BCUT2D eigenvalue weighted by Crippen LogP contribution is -2.40. The van der Waals surface area contributed by atoms with Crippen molar-refractivity contribution >= 4 is 5.69 Å². The second-order valence-corrected chi connectivity index (χ2v) is 5.44. The number of nitro benzene ring substituents is 1. The van der Waals surface area contributed by atoms with E-state index in [1.54, 1.807) is 12.1 Å². The zero-order chi connectivity index (χ0) is 14.4. The fraction of sp³-hybridized carbons (Fsp3) is 0.250. The summed E-state index contributed by atoms with van der Waals surface area (Å²) in [6.45, 7) is 1.60. The van der Waals surface area contributed by atoms with Gasteiger partial charge >= 0.3 is 0 Å². The maximum absolute atomic E-state index is 10.9. The van der Waals surface area contributed by atoms with E-state index in [1.165, 1.54) is 17.2 Å². The summed E-state index contributed by atoms with van der Waals surface area (Å²) in [4.78, 5) is 12.8. The van der Waals surface area contributed by atoms with Gasteiger partial charge in [0.15, 0.2) is 6.23 Å². The molecule has 2 aromatic rings. The Bertz CT molecular complexity index is 729. The third-order valence-corrected chi connectivity index (χ3v) is 4.19. The fourth-order valence-corrected chi connectivity index (χ4v) is 3.14. The van der Waals surface area contributed by atoms with Gasteiger partial charge in [0.25, 0.3) is 5.69 Å². The lowest BCUT2D eigenvalue weighted by Gasteiger charge is -2.40. The molecule has 0 amide bonds. The van der Waals surface area contributed by atoms with Gasteiger partial charge in [0.1, 0.15) is 5.75 Å². The molecular weight excluding hydrogens is 268 g/mol. The Morgan fingerprint density at radius 3 is 2.90 bits per heavy atom. The molecule has 1 unspecified atom stereocenters. The summed E-state index contributed by atoms with van der Waals surface area (Å²) in [6, 6.07) is 13.1. The first-order valence-corrected chi connectivity index (χ1v) is 6.98. The van der Waals surface area contributed by atoms with E-state index in [1.807, 2.05) is 6.07 Å². The molecule has 0 aliphatic carbocycles. The van der Waals surface area contributed by atoms with Gasteiger partial charge in [-0.05, 0) is 18.1 Å². The van der Waals surface area contributed by atoms with Gasteiger partial charge in [0, 0.05) is 36.3 Å². The summed E-state index contributed by atoms with van der Waals surface area (Å²) in [7, 11) is 0. The van der Waals surface area contributed by atoms with E-state index in [2.05, 4.69) is 23.1 Å². The minimum atomic E-state index is -0.363. The molecule has 0 bridgehead atoms. The first-order valence-electron chi connectivity index (χ1n) is 6.98. The Morgan fingerprint density at radius 2 is 2.05 bits per heavy atom. The smallest absolute Gasteiger partial charge is 0.270 e. The Labute approximate surface area is 121 Å². The summed E-state index contributed by atoms with van der Waals surface area (Å²) >= 11 is 0. The third kappa shape index (κ3) is 1.97. The number of ether oxygens (including phenoxy) is 1. The number of hydrogen-bond acceptors (Lipinski definition) is 4. The van der Waals surface area contributed by atoms with Gasteiger partial charge in [-0.15, -0.1) is 0 Å². The number of hydrogen-bond donors (Lipinski definition) is 0. The SMILES string of the molecule is O=[N+]([O-])c1ccc2c(c1)CN1CCc3ccccc3C1O2. The molecule has 4 rings (SSSR count). The standard InChI is InChI=1S/C16H14N2O3/c19-18(20)13-5-6-15-12(9-13)10-17-8-7-11-3-1-2-4-14(11)16(17)21-15/h1-6,9,16H,7-8,10H2. The minimum Gasteiger partial charge on any atom is -0.471 e. The van der Waals surface area contributed by atoms with Crippen LogP contribution >= 0.6 is 0 Å². The van der Waals surface area contributed by atoms with Gasteiger partial charge in [0.05, 0.1) is 4.92 Å². The highest BCUT2D eigenvalue weighted by atomic mass is 16.6. The van der Waals surface area contributed by atoms with Crippen LogP contribution in [0.5, 0.6) is 5.75 Å². The number of non-ortho nitro benzene ring substituents is 1. The lowest BCUT2D eigenvalue weighted by atomic mass is 9.96. The molecule has 2 aliphatic heterocycles. The second-order valence-electron chi connectivity index (χ2n) is 5.44. The van der Waals surface area contributed by atoms with Crippen molar-refractivity contribution < 1.29 is 9.66 Å². The third-order valence-electron chi connectivity index (χ3n) is 4.19. The maximum atomic E-state index is 10.9. The Balaban J connectivity index is 1.74. The number of nitrogens with zero attached hydrogens (tertiary/aromatic N) is 2. The molecule has 0 N–H and O–H groups in total. The van der Waals surface area contributed by atoms with E-state index in [9.17, 15) is 10.1 Å². The maximum Gasteiger partial charge on any atom is 0.270 e. The predicted octanol–water partition coefficient (Wildman–Crippen LogP) is 3.04. The second kappa shape index (κ2) is 4.56. The van der Waals surface area contributed by atoms with Crippen molar-refractivity contribution in [2.24, 2.45) is 0 Å². The van der Waals surface area contributed by atoms with E-state index in [0.29, 0.717) is 6.54 Å². The summed E-state index contributed by atoms with van der Waals surface area (Å²) in [5.74, 6) is 0.749. The minimum absolute atomic E-state index is 0.0797. The van der Waals surface area contributed by atoms with Crippen molar-refractivity contribution in [2.45, 2.75) is 19.2 Å². The van der Waals surface area contributed by atoms with Crippen molar-refractivity contribution in [1.29, 1.82) is 0 Å². The molecule has 1 atom stereocenters. The molecule has 0 aromatic heterocycles. The highest BCUT2D eigenvalue weighted by Crippen LogP contribution is 2.39. The summed E-state index contributed by atoms with van der Waals surface area (Å²) in [5, 5.41) is 10.9. The van der Waals surface area contributed by atoms with E-state index < -0.39 is 0 Å². The number of rotatable bonds is 1. The van der Waals surface area contributed by atoms with Gasteiger partial charge in [0.2, 0.25) is 0 Å². The highest BCUT2D eigenvalue weighted by molar-refractivity contribution is 5.46. The van der Waals surface area contributed by atoms with E-state index in [-0.39, 0.29) is 16.8 Å². The Hall–Kier alpha value is -2.40. The molecule has 0 fully saturated rings. The average Bonchev–Trinajstić information content (AvgIpc) is 2.52. The summed E-state index contributed by atoms with van der Waals surface area (Å²) in [6.07, 6.45) is 0.907. The van der Waals surface area contributed by atoms with Crippen LogP contribution in [0.1, 0.15) is 22.9 Å². The van der Waals surface area contributed by atoms with Gasteiger partial charge in [-0.1, -0.05) is 24.3 Å². The fourth-order valence-electron chi connectivity index (χ4n) is 3.14. The first-order chi connectivity index (χ1) is 10.2. The topological polar surface area (TPSA) is 55.6 Å². The van der Waals surface area contributed by atoms with Crippen LogP contribution in [-0.2, 0) is 13.0 Å². The van der Waals surface area contributed by atoms with Crippen LogP contribution in [-0.4, -0.2) is 16.4 Å². The van der Waals surface area contributed by atoms with Crippen LogP contribution in [0.2, 0.25) is 0 Å². The number of nitro groups is 1. The van der Waals surface area contributed by atoms with Crippen LogP contribution in [0.3, 0.4) is 0 Å². The number of fused-ring (bicyclic) bond motifs is 4. The molecule has 21 heavy (non-hydrogen) atoms. The summed E-state index contributed by atoms with van der Waals surface area (Å²) < 4.78 is 6.10. The van der Waals surface area contributed by atoms with E-state index in [0.717, 1.165) is 24.3 Å². The van der Waals surface area contributed by atoms with Crippen molar-refractivity contribution in [2.75, 3.05) is 6.54 Å². The molecule has 5 nitrogen and oxygen atoms in total. The molecule has 0 saturated heterocycles. The predicted molar refractivity (Wildman–Crippen MR) is 77.0 cm³/mol. The lowest BCUT2D eigenvalue weighted by molar-refractivity contribution is -0.385. The monoisotopic (exact) mass is 282 g/mol. The van der Waals surface area contributed by atoms with Crippen molar-refractivity contribution in [3.05, 3.63) is 69.3 Å². The van der Waals surface area contributed by atoms with E-state index >= 15 is 0 Å². The molecule has 0 radical (unpaired) electrons. The molecule has 5 heteroatoms. The van der Waals surface area contributed by atoms with Crippen molar-refractivity contribution in [1.82, 2.24) is 4.90 Å². The van der Waals surface area contributed by atoms with Crippen molar-refractivity contribution in [3.63, 3.8) is 0 Å². The average molecular weight is 282 g/mol. The summed E-state index contributed by atoms with van der Waals surface area (Å²) in [5.41, 5.74) is 3.53. The van der Waals surface area contributed by atoms with Gasteiger partial charge in [-0.2, -0.15) is 0 Å². The number of benzene rings is 2. The first kappa shape index (κ1) is 12.3. The van der Waals surface area contributed by atoms with Crippen LogP contribution < -0.4 is 4.74 Å². The molecule has 0 saturated carbocycles. The normalized spacial score (nSPS) is 19.9. The van der Waals surface area contributed by atoms with Gasteiger partial charge < -0.3 is 4.74 Å². The molecule has 2 aliphatic rings. The Kier molecular flexibility index (Phi) is 2.68. The quantitative estimate of drug-likeness (QED) is 0.596. The van der Waals surface area contributed by atoms with E-state index in [4.69, 9.17) is 4.74 Å². The molecule has 106 valence electrons. The highest BCUT2D eigenvalue weighted by Gasteiger charge is 2.33. The van der Waals surface area contributed by atoms with Crippen LogP contribution in [0.25, 0.3) is 0 Å². The van der Waals surface area contributed by atoms with Crippen LogP contribution in [0.15, 0.2) is 42.5 Å². The van der Waals surface area contributed by atoms with Gasteiger partial charge in [-0.25, -0.2) is 0 Å². The van der Waals surface area contributed by atoms with Gasteiger partial charge in [-0.3, -0.25) is 15.0 Å². The van der Waals surface area contributed by atoms with Crippen LogP contribution in [0.4, 0.5) is 5.69 Å². The Morgan fingerprint density at radius 1 is 1.19 bits per heavy atom. The van der Waals surface area contributed by atoms with Crippen LogP contribution in [0, 0.1) is 10.1 Å². The molecular formula is C16H14N2O3.